The van der Waals surface area contributed by atoms with Crippen LogP contribution in [0.5, 0.6) is 0 Å². The molecule has 30 heavy (non-hydrogen) atoms. The topological polar surface area (TPSA) is 35.6 Å². The molecule has 0 spiro atoms. The molecule has 2 aromatic carbocycles. The van der Waals surface area contributed by atoms with Crippen molar-refractivity contribution in [3.63, 3.8) is 0 Å². The lowest BCUT2D eigenvalue weighted by atomic mass is 10.1. The third-order valence-corrected chi connectivity index (χ3v) is 5.02. The van der Waals surface area contributed by atoms with Crippen LogP contribution in [0.1, 0.15) is 24.1 Å². The molecular weight excluding hydrogens is 442 g/mol. The molecule has 0 heterocycles. The lowest BCUT2D eigenvalue weighted by molar-refractivity contribution is -0.133. The number of nitrogens with one attached hydrogen (secondary N) is 1. The van der Waals surface area contributed by atoms with Crippen molar-refractivity contribution >= 4 is 40.6 Å². The summed E-state index contributed by atoms with van der Waals surface area (Å²) in [6, 6.07) is 10.8. The summed E-state index contributed by atoms with van der Waals surface area (Å²) in [6.07, 6.45) is -4.73. The van der Waals surface area contributed by atoms with Crippen LogP contribution in [0, 0.1) is 12.7 Å². The van der Waals surface area contributed by atoms with Crippen LogP contribution in [0.2, 0.25) is 0 Å². The van der Waals surface area contributed by atoms with Gasteiger partial charge in [0, 0.05) is 0 Å². The Balaban J connectivity index is 2.31. The van der Waals surface area contributed by atoms with E-state index in [1.54, 1.807) is 44.2 Å². The van der Waals surface area contributed by atoms with E-state index in [4.69, 9.17) is 23.8 Å². The van der Waals surface area contributed by atoms with E-state index in [2.05, 4.69) is 5.32 Å². The zero-order valence-electron chi connectivity index (χ0n) is 16.2. The van der Waals surface area contributed by atoms with Crippen molar-refractivity contribution < 1.29 is 22.4 Å². The fraction of sp³-hybridized carbons (Fsp3) is 0.300. The van der Waals surface area contributed by atoms with Gasteiger partial charge in [-0.2, -0.15) is 13.2 Å². The molecule has 1 N–H and O–H groups in total. The Kier molecular flexibility index (Phi) is 8.03. The number of aryl methyl sites for hydroxylation is 1. The van der Waals surface area contributed by atoms with Crippen molar-refractivity contribution in [2.75, 3.05) is 17.9 Å². The summed E-state index contributed by atoms with van der Waals surface area (Å²) in [5, 5.41) is 1.73. The van der Waals surface area contributed by atoms with Crippen molar-refractivity contribution in [2.24, 2.45) is 0 Å². The fourth-order valence-electron chi connectivity index (χ4n) is 2.70. The molecule has 0 radical (unpaired) electrons. The maximum atomic E-state index is 14.1. The van der Waals surface area contributed by atoms with Crippen molar-refractivity contribution in [2.45, 2.75) is 26.1 Å². The van der Waals surface area contributed by atoms with Gasteiger partial charge >= 0.3 is 12.2 Å². The fourth-order valence-corrected chi connectivity index (χ4v) is 3.46. The number of thiocarbonyl (C=S) groups is 1. The van der Waals surface area contributed by atoms with Gasteiger partial charge in [0.25, 0.3) is 0 Å². The lowest BCUT2D eigenvalue weighted by Crippen LogP contribution is -2.51. The van der Waals surface area contributed by atoms with E-state index < -0.39 is 35.7 Å². The van der Waals surface area contributed by atoms with Gasteiger partial charge in [-0.05, 0) is 49.3 Å². The van der Waals surface area contributed by atoms with Gasteiger partial charge in [-0.25, -0.2) is 9.18 Å². The Labute approximate surface area is 182 Å². The van der Waals surface area contributed by atoms with Crippen LogP contribution < -0.4 is 5.32 Å². The minimum absolute atomic E-state index is 0.255. The van der Waals surface area contributed by atoms with Gasteiger partial charge in [-0.3, -0.25) is 4.90 Å². The highest BCUT2D eigenvalue weighted by atomic mass is 35.5. The van der Waals surface area contributed by atoms with Crippen molar-refractivity contribution in [1.82, 2.24) is 9.80 Å². The van der Waals surface area contributed by atoms with E-state index >= 15 is 0 Å². The van der Waals surface area contributed by atoms with Gasteiger partial charge in [0.2, 0.25) is 0 Å². The summed E-state index contributed by atoms with van der Waals surface area (Å²) in [4.78, 5) is 14.2. The number of hydrogen-bond donors (Lipinski definition) is 1. The van der Waals surface area contributed by atoms with Crippen molar-refractivity contribution in [1.29, 1.82) is 0 Å². The Bertz CT molecular complexity index is 895. The molecule has 0 aliphatic heterocycles. The summed E-state index contributed by atoms with van der Waals surface area (Å²) in [6.45, 7) is 1.69. The molecule has 1 atom stereocenters. The number of alkyl halides is 4. The highest BCUT2D eigenvalue weighted by molar-refractivity contribution is 7.80. The Hall–Kier alpha value is -2.39. The summed E-state index contributed by atoms with van der Waals surface area (Å²) in [7, 11) is 0. The number of urea groups is 1. The third-order valence-electron chi connectivity index (χ3n) is 4.30. The van der Waals surface area contributed by atoms with Crippen LogP contribution in [-0.4, -0.2) is 39.7 Å². The Morgan fingerprint density at radius 1 is 1.20 bits per heavy atom. The van der Waals surface area contributed by atoms with Gasteiger partial charge in [0.15, 0.2) is 5.11 Å². The molecule has 1 unspecified atom stereocenters. The highest BCUT2D eigenvalue weighted by Crippen LogP contribution is 2.25. The first-order valence-electron chi connectivity index (χ1n) is 8.86. The summed E-state index contributed by atoms with van der Waals surface area (Å²) < 4.78 is 53.6. The summed E-state index contributed by atoms with van der Waals surface area (Å²) in [5.74, 6) is -0.770. The summed E-state index contributed by atoms with van der Waals surface area (Å²) in [5.41, 5.74) is 1.09. The van der Waals surface area contributed by atoms with E-state index in [-0.39, 0.29) is 11.7 Å². The van der Waals surface area contributed by atoms with Crippen LogP contribution in [0.4, 0.5) is 28.0 Å². The molecule has 162 valence electrons. The second kappa shape index (κ2) is 10.1. The van der Waals surface area contributed by atoms with Crippen LogP contribution in [0.25, 0.3) is 0 Å². The predicted molar refractivity (Wildman–Crippen MR) is 113 cm³/mol. The molecule has 0 saturated heterocycles. The number of nitrogens with zero attached hydrogens (tertiary/aromatic N) is 2. The molecule has 10 heteroatoms. The minimum atomic E-state index is -4.73. The maximum absolute atomic E-state index is 14.1. The lowest BCUT2D eigenvalue weighted by Gasteiger charge is -2.35. The van der Waals surface area contributed by atoms with Gasteiger partial charge in [0.05, 0.1) is 17.7 Å². The average Bonchev–Trinajstić information content (AvgIpc) is 2.68. The zero-order valence-corrected chi connectivity index (χ0v) is 17.8. The molecule has 4 nitrogen and oxygen atoms in total. The third kappa shape index (κ3) is 6.30. The minimum Gasteiger partial charge on any atom is -0.328 e. The van der Waals surface area contributed by atoms with Crippen LogP contribution in [0.3, 0.4) is 0 Å². The number of amides is 2. The Morgan fingerprint density at radius 2 is 1.83 bits per heavy atom. The van der Waals surface area contributed by atoms with Crippen molar-refractivity contribution in [3.8, 4) is 0 Å². The zero-order chi connectivity index (χ0) is 22.5. The number of hydrogen-bond acceptors (Lipinski definition) is 2. The number of carbonyl (C=O) groups is 1. The van der Waals surface area contributed by atoms with Crippen LogP contribution in [-0.2, 0) is 0 Å². The second-order valence-corrected chi connectivity index (χ2v) is 7.18. The summed E-state index contributed by atoms with van der Waals surface area (Å²) >= 11 is 11.2. The van der Waals surface area contributed by atoms with Gasteiger partial charge in [0.1, 0.15) is 12.4 Å². The van der Waals surface area contributed by atoms with E-state index in [0.717, 1.165) is 11.6 Å². The normalized spacial score (nSPS) is 12.2. The molecule has 0 aliphatic carbocycles. The van der Waals surface area contributed by atoms with E-state index in [1.807, 2.05) is 0 Å². The smallest absolute Gasteiger partial charge is 0.328 e. The van der Waals surface area contributed by atoms with Gasteiger partial charge in [-0.1, -0.05) is 36.4 Å². The Morgan fingerprint density at radius 3 is 2.37 bits per heavy atom. The monoisotopic (exact) mass is 461 g/mol. The number of benzene rings is 2. The molecule has 0 saturated carbocycles. The molecule has 2 rings (SSSR count). The molecule has 2 amide bonds. The number of halogens is 5. The molecule has 0 aliphatic rings. The standard InChI is InChI=1S/C20H20ClF4N3OS/c1-13-8-9-17(16(22)10-13)26-18(29)27(11-20(23,24)25)19(30)28(12-21)14(2)15-6-4-3-5-7-15/h3-10,14H,11-12H2,1-2H3,(H,26,29). The van der Waals surface area contributed by atoms with Gasteiger partial charge < -0.3 is 10.2 Å². The average molecular weight is 462 g/mol. The maximum Gasteiger partial charge on any atom is 0.406 e. The SMILES string of the molecule is Cc1ccc(NC(=O)N(CC(F)(F)F)C(=S)N(CCl)C(C)c2ccccc2)c(F)c1. The van der Waals surface area contributed by atoms with E-state index in [9.17, 15) is 22.4 Å². The molecule has 0 fully saturated rings. The molecule has 0 aromatic heterocycles. The first-order valence-corrected chi connectivity index (χ1v) is 9.80. The second-order valence-electron chi connectivity index (χ2n) is 6.57. The number of rotatable bonds is 5. The highest BCUT2D eigenvalue weighted by Gasteiger charge is 2.37. The predicted octanol–water partition coefficient (Wildman–Crippen LogP) is 6.07. The van der Waals surface area contributed by atoms with E-state index in [0.29, 0.717) is 10.5 Å². The largest absolute Gasteiger partial charge is 0.406 e. The van der Waals surface area contributed by atoms with Gasteiger partial charge in [-0.15, -0.1) is 11.6 Å². The first kappa shape index (κ1) is 23.9. The first-order chi connectivity index (χ1) is 14.0. The molecule has 0 bridgehead atoms. The van der Waals surface area contributed by atoms with Crippen LogP contribution >= 0.6 is 23.8 Å². The number of anilines is 1. The molecular formula is C20H20ClF4N3OS. The quantitative estimate of drug-likeness (QED) is 0.254. The molecule has 2 aromatic rings. The van der Waals surface area contributed by atoms with E-state index in [1.165, 1.54) is 17.0 Å². The van der Waals surface area contributed by atoms with Crippen molar-refractivity contribution in [3.05, 3.63) is 65.5 Å². The number of carbonyl (C=O) groups excluding carboxylic acids is 1. The van der Waals surface area contributed by atoms with Crippen LogP contribution in [0.15, 0.2) is 48.5 Å².